The van der Waals surface area contributed by atoms with Crippen molar-refractivity contribution in [2.45, 2.75) is 52.4 Å². The van der Waals surface area contributed by atoms with Crippen molar-refractivity contribution < 1.29 is 8.42 Å². The van der Waals surface area contributed by atoms with E-state index >= 15 is 0 Å². The number of sulfonamides is 1. The third-order valence-corrected chi connectivity index (χ3v) is 7.68. The van der Waals surface area contributed by atoms with Gasteiger partial charge in [-0.2, -0.15) is 0 Å². The number of rotatable bonds is 4. The quantitative estimate of drug-likeness (QED) is 0.796. The van der Waals surface area contributed by atoms with Crippen molar-refractivity contribution in [2.75, 3.05) is 19.3 Å². The predicted octanol–water partition coefficient (Wildman–Crippen LogP) is 2.87. The lowest BCUT2D eigenvalue weighted by Gasteiger charge is -2.62. The first kappa shape index (κ1) is 13.9. The fourth-order valence-electron chi connectivity index (χ4n) is 5.90. The Morgan fingerprint density at radius 1 is 1.16 bits per heavy atom. The molecule has 4 bridgehead atoms. The van der Waals surface area contributed by atoms with Crippen LogP contribution >= 0.6 is 0 Å². The van der Waals surface area contributed by atoms with Gasteiger partial charge >= 0.3 is 0 Å². The van der Waals surface area contributed by atoms with Gasteiger partial charge in [-0.25, -0.2) is 12.7 Å². The molecule has 2 unspecified atom stereocenters. The van der Waals surface area contributed by atoms with Crippen LogP contribution < -0.4 is 0 Å². The van der Waals surface area contributed by atoms with E-state index < -0.39 is 10.0 Å². The van der Waals surface area contributed by atoms with Gasteiger partial charge in [0.25, 0.3) is 0 Å². The lowest BCUT2D eigenvalue weighted by molar-refractivity contribution is -0.105. The summed E-state index contributed by atoms with van der Waals surface area (Å²) in [7, 11) is -1.25. The largest absolute Gasteiger partial charge is 0.213 e. The zero-order chi connectivity index (χ0) is 13.9. The highest BCUT2D eigenvalue weighted by atomic mass is 32.2. The third-order valence-electron chi connectivity index (χ3n) is 5.87. The highest BCUT2D eigenvalue weighted by Gasteiger charge is 2.56. The molecule has 0 aromatic carbocycles. The second kappa shape index (κ2) is 4.20. The normalized spacial score (nSPS) is 45.1. The minimum absolute atomic E-state index is 0.226. The molecule has 3 nitrogen and oxygen atoms in total. The second-order valence-electron chi connectivity index (χ2n) is 7.93. The summed E-state index contributed by atoms with van der Waals surface area (Å²) < 4.78 is 25.7. The van der Waals surface area contributed by atoms with Crippen molar-refractivity contribution >= 4 is 10.0 Å². The van der Waals surface area contributed by atoms with Crippen LogP contribution in [0.25, 0.3) is 0 Å². The van der Waals surface area contributed by atoms with Crippen LogP contribution in [0.2, 0.25) is 0 Å². The Labute approximate surface area is 117 Å². The Morgan fingerprint density at radius 3 is 2.21 bits per heavy atom. The summed E-state index contributed by atoms with van der Waals surface area (Å²) >= 11 is 0. The first-order valence-electron chi connectivity index (χ1n) is 7.70. The van der Waals surface area contributed by atoms with E-state index in [0.717, 1.165) is 18.4 Å². The summed E-state index contributed by atoms with van der Waals surface area (Å²) in [5.74, 6) is 1.96. The van der Waals surface area contributed by atoms with E-state index in [2.05, 4.69) is 6.92 Å². The molecular weight excluding hydrogens is 258 g/mol. The van der Waals surface area contributed by atoms with Crippen LogP contribution in [-0.2, 0) is 10.0 Å². The number of hydrogen-bond donors (Lipinski definition) is 0. The van der Waals surface area contributed by atoms with Gasteiger partial charge in [0.15, 0.2) is 0 Å². The van der Waals surface area contributed by atoms with E-state index in [0.29, 0.717) is 5.41 Å². The summed E-state index contributed by atoms with van der Waals surface area (Å²) in [4.78, 5) is 0. The lowest BCUT2D eigenvalue weighted by atomic mass is 9.44. The van der Waals surface area contributed by atoms with Crippen molar-refractivity contribution in [1.82, 2.24) is 4.31 Å². The van der Waals surface area contributed by atoms with Gasteiger partial charge in [0.05, 0.1) is 5.75 Å². The maximum Gasteiger partial charge on any atom is 0.213 e. The van der Waals surface area contributed by atoms with E-state index in [1.807, 2.05) is 0 Å². The molecule has 4 aliphatic carbocycles. The standard InChI is InChI=1S/C15H27NO2S/c1-4-19(17,18)16(3)11-15-8-12-5-13(9-15)7-14(2,6-12)10-15/h12-13H,4-11H2,1-3H3. The van der Waals surface area contributed by atoms with Gasteiger partial charge in [0, 0.05) is 13.6 Å². The molecule has 0 saturated heterocycles. The molecule has 0 heterocycles. The van der Waals surface area contributed by atoms with Crippen LogP contribution in [0.3, 0.4) is 0 Å². The first-order chi connectivity index (χ1) is 8.76. The minimum Gasteiger partial charge on any atom is -0.212 e. The molecule has 4 aliphatic rings. The minimum atomic E-state index is -3.03. The Bertz CT molecular complexity index is 457. The van der Waals surface area contributed by atoms with E-state index in [1.165, 1.54) is 38.5 Å². The average Bonchev–Trinajstić information content (AvgIpc) is 2.24. The maximum atomic E-state index is 12.0. The molecule has 4 heteroatoms. The van der Waals surface area contributed by atoms with E-state index in [1.54, 1.807) is 18.3 Å². The fourth-order valence-corrected chi connectivity index (χ4v) is 6.82. The topological polar surface area (TPSA) is 37.4 Å². The molecule has 110 valence electrons. The summed E-state index contributed by atoms with van der Waals surface area (Å²) in [6.07, 6.45) is 7.95. The van der Waals surface area contributed by atoms with Gasteiger partial charge < -0.3 is 0 Å². The smallest absolute Gasteiger partial charge is 0.212 e. The highest BCUT2D eigenvalue weighted by Crippen LogP contribution is 2.65. The summed E-state index contributed by atoms with van der Waals surface area (Å²) in [6, 6.07) is 0. The Hall–Kier alpha value is -0.0900. The molecule has 0 amide bonds. The monoisotopic (exact) mass is 285 g/mol. The van der Waals surface area contributed by atoms with Crippen molar-refractivity contribution in [3.63, 3.8) is 0 Å². The zero-order valence-corrected chi connectivity index (χ0v) is 13.3. The van der Waals surface area contributed by atoms with Crippen molar-refractivity contribution in [3.8, 4) is 0 Å². The summed E-state index contributed by atoms with van der Waals surface area (Å²) in [6.45, 7) is 4.94. The van der Waals surface area contributed by atoms with Gasteiger partial charge in [0.1, 0.15) is 0 Å². The predicted molar refractivity (Wildman–Crippen MR) is 77.3 cm³/mol. The van der Waals surface area contributed by atoms with Crippen molar-refractivity contribution in [1.29, 1.82) is 0 Å². The highest BCUT2D eigenvalue weighted by molar-refractivity contribution is 7.89. The molecule has 2 atom stereocenters. The van der Waals surface area contributed by atoms with Crippen LogP contribution in [0.1, 0.15) is 52.4 Å². The first-order valence-corrected chi connectivity index (χ1v) is 9.31. The molecule has 4 rings (SSSR count). The van der Waals surface area contributed by atoms with Crippen LogP contribution in [-0.4, -0.2) is 32.1 Å². The van der Waals surface area contributed by atoms with E-state index in [9.17, 15) is 8.42 Å². The van der Waals surface area contributed by atoms with Crippen LogP contribution in [0.5, 0.6) is 0 Å². The van der Waals surface area contributed by atoms with E-state index in [4.69, 9.17) is 0 Å². The fraction of sp³-hybridized carbons (Fsp3) is 1.00. The molecule has 0 radical (unpaired) electrons. The Kier molecular flexibility index (Phi) is 3.07. The van der Waals surface area contributed by atoms with Crippen LogP contribution in [0.4, 0.5) is 0 Å². The summed E-state index contributed by atoms with van der Waals surface area (Å²) in [5, 5.41) is 0. The van der Waals surface area contributed by atoms with Gasteiger partial charge in [0.2, 0.25) is 10.0 Å². The molecule has 19 heavy (non-hydrogen) atoms. The maximum absolute atomic E-state index is 12.0. The third kappa shape index (κ3) is 2.35. The van der Waals surface area contributed by atoms with E-state index in [-0.39, 0.29) is 11.2 Å². The van der Waals surface area contributed by atoms with Gasteiger partial charge in [-0.3, -0.25) is 0 Å². The van der Waals surface area contributed by atoms with Gasteiger partial charge in [-0.1, -0.05) is 6.92 Å². The zero-order valence-electron chi connectivity index (χ0n) is 12.5. The second-order valence-corrected chi connectivity index (χ2v) is 10.3. The molecular formula is C15H27NO2S. The number of hydrogen-bond acceptors (Lipinski definition) is 2. The molecule has 0 aromatic heterocycles. The molecule has 0 aliphatic heterocycles. The Morgan fingerprint density at radius 2 is 1.74 bits per heavy atom. The van der Waals surface area contributed by atoms with Crippen LogP contribution in [0, 0.1) is 22.7 Å². The SMILES string of the molecule is CCS(=O)(=O)N(C)CC12CC3CC(CC(C)(C3)C1)C2. The molecule has 0 aromatic rings. The summed E-state index contributed by atoms with van der Waals surface area (Å²) in [5.41, 5.74) is 0.788. The molecule has 4 fully saturated rings. The molecule has 0 N–H and O–H groups in total. The van der Waals surface area contributed by atoms with Gasteiger partial charge in [-0.05, 0) is 68.1 Å². The molecule has 0 spiro atoms. The average molecular weight is 285 g/mol. The number of nitrogens with zero attached hydrogens (tertiary/aromatic N) is 1. The van der Waals surface area contributed by atoms with Crippen molar-refractivity contribution in [3.05, 3.63) is 0 Å². The van der Waals surface area contributed by atoms with Gasteiger partial charge in [-0.15, -0.1) is 0 Å². The molecule has 4 saturated carbocycles. The Balaban J connectivity index is 1.81. The van der Waals surface area contributed by atoms with Crippen molar-refractivity contribution in [2.24, 2.45) is 22.7 Å². The van der Waals surface area contributed by atoms with Crippen LogP contribution in [0.15, 0.2) is 0 Å². The lowest BCUT2D eigenvalue weighted by Crippen LogP contribution is -2.55.